The number of nitrogens with one attached hydrogen (secondary N) is 1. The Hall–Kier alpha value is -1.88. The monoisotopic (exact) mass is 301 g/mol. The number of rotatable bonds is 2. The molecule has 1 aromatic rings. The van der Waals surface area contributed by atoms with Crippen molar-refractivity contribution < 1.29 is 19.8 Å². The van der Waals surface area contributed by atoms with Crippen molar-refractivity contribution in [2.24, 2.45) is 11.3 Å². The van der Waals surface area contributed by atoms with Gasteiger partial charge < -0.3 is 15.5 Å². The molecule has 5 unspecified atom stereocenters. The summed E-state index contributed by atoms with van der Waals surface area (Å²) < 4.78 is 0. The number of fused-ring (bicyclic) bond motifs is 2. The summed E-state index contributed by atoms with van der Waals surface area (Å²) in [5.41, 5.74) is 0.305. The lowest BCUT2D eigenvalue weighted by Crippen LogP contribution is -2.74. The Morgan fingerprint density at radius 3 is 2.45 bits per heavy atom. The second kappa shape index (κ2) is 3.90. The van der Waals surface area contributed by atoms with Crippen molar-refractivity contribution in [3.05, 3.63) is 35.4 Å². The minimum absolute atomic E-state index is 0.122. The van der Waals surface area contributed by atoms with E-state index in [-0.39, 0.29) is 12.0 Å². The number of aliphatic carboxylic acids is 2. The summed E-state index contributed by atoms with van der Waals surface area (Å²) >= 11 is 0. The van der Waals surface area contributed by atoms with Gasteiger partial charge in [0, 0.05) is 23.4 Å². The summed E-state index contributed by atoms with van der Waals surface area (Å²) in [6, 6.07) is 7.42. The Bertz CT molecular complexity index is 702. The van der Waals surface area contributed by atoms with Gasteiger partial charge in [0.2, 0.25) is 0 Å². The summed E-state index contributed by atoms with van der Waals surface area (Å²) in [6.07, 6.45) is 0.550. The first-order valence-corrected chi connectivity index (χ1v) is 7.66. The lowest BCUT2D eigenvalue weighted by Gasteiger charge is -2.61. The number of benzene rings is 1. The van der Waals surface area contributed by atoms with Crippen molar-refractivity contribution in [2.75, 3.05) is 0 Å². The van der Waals surface area contributed by atoms with E-state index in [1.54, 1.807) is 0 Å². The van der Waals surface area contributed by atoms with Crippen LogP contribution in [0.1, 0.15) is 43.2 Å². The molecule has 3 fully saturated rings. The third kappa shape index (κ3) is 1.25. The fourth-order valence-corrected chi connectivity index (χ4v) is 5.71. The van der Waals surface area contributed by atoms with Crippen LogP contribution >= 0.6 is 0 Å². The smallest absolute Gasteiger partial charge is 0.312 e. The molecule has 0 aromatic heterocycles. The zero-order valence-electron chi connectivity index (χ0n) is 12.5. The molecule has 5 rings (SSSR count). The molecule has 4 bridgehead atoms. The SMILES string of the molecule is CC1NC2(C)CC3c4ccccc4C([C@@H]2C(=O)O)C13C(=O)O. The minimum Gasteiger partial charge on any atom is -0.481 e. The quantitative estimate of drug-likeness (QED) is 0.775. The van der Waals surface area contributed by atoms with E-state index >= 15 is 0 Å². The highest BCUT2D eigenvalue weighted by molar-refractivity contribution is 5.86. The summed E-state index contributed by atoms with van der Waals surface area (Å²) in [6.45, 7) is 3.81. The summed E-state index contributed by atoms with van der Waals surface area (Å²) in [7, 11) is 0. The number of carbonyl (C=O) groups is 2. The van der Waals surface area contributed by atoms with Gasteiger partial charge in [-0.3, -0.25) is 9.59 Å². The van der Waals surface area contributed by atoms with Crippen LogP contribution in [0.5, 0.6) is 0 Å². The number of carboxylic acids is 2. The van der Waals surface area contributed by atoms with Gasteiger partial charge >= 0.3 is 11.9 Å². The van der Waals surface area contributed by atoms with Crippen LogP contribution in [0.4, 0.5) is 0 Å². The molecule has 0 radical (unpaired) electrons. The van der Waals surface area contributed by atoms with Crippen LogP contribution in [0.3, 0.4) is 0 Å². The van der Waals surface area contributed by atoms with Crippen LogP contribution in [0, 0.1) is 11.3 Å². The summed E-state index contributed by atoms with van der Waals surface area (Å²) in [5.74, 6) is -3.11. The molecular formula is C17H19NO4. The van der Waals surface area contributed by atoms with Crippen LogP contribution in [-0.4, -0.2) is 33.7 Å². The standard InChI is InChI=1S/C17H19NO4/c1-8-17(15(21)22)11-7-16(2,18-8)13(14(19)20)12(17)10-6-4-3-5-9(10)11/h3-6,8,11-13,18H,7H2,1-2H3,(H,19,20)(H,21,22)/t8?,11?,12?,13-,16?,17?/m1/s1. The molecule has 2 heterocycles. The van der Waals surface area contributed by atoms with Gasteiger partial charge in [-0.15, -0.1) is 0 Å². The van der Waals surface area contributed by atoms with E-state index in [0.29, 0.717) is 6.42 Å². The summed E-state index contributed by atoms with van der Waals surface area (Å²) in [4.78, 5) is 24.3. The maximum atomic E-state index is 12.3. The van der Waals surface area contributed by atoms with Crippen LogP contribution in [-0.2, 0) is 9.59 Å². The predicted molar refractivity (Wildman–Crippen MR) is 78.7 cm³/mol. The fraction of sp³-hybridized carbons (Fsp3) is 0.529. The topological polar surface area (TPSA) is 86.6 Å². The predicted octanol–water partition coefficient (Wildman–Crippen LogP) is 1.79. The number of piperidine rings is 2. The largest absolute Gasteiger partial charge is 0.481 e. The van der Waals surface area contributed by atoms with E-state index < -0.39 is 34.7 Å². The lowest BCUT2D eigenvalue weighted by molar-refractivity contribution is -0.176. The number of carboxylic acid groups (broad SMARTS) is 2. The zero-order valence-corrected chi connectivity index (χ0v) is 12.5. The Labute approximate surface area is 128 Å². The van der Waals surface area contributed by atoms with E-state index in [1.165, 1.54) is 0 Å². The van der Waals surface area contributed by atoms with Crippen molar-refractivity contribution in [2.45, 2.75) is 43.7 Å². The average Bonchev–Trinajstić information content (AvgIpc) is 2.66. The molecule has 1 saturated carbocycles. The molecule has 2 saturated heterocycles. The molecule has 2 aliphatic heterocycles. The van der Waals surface area contributed by atoms with E-state index in [9.17, 15) is 19.8 Å². The Kier molecular flexibility index (Phi) is 2.44. The average molecular weight is 301 g/mol. The first-order chi connectivity index (χ1) is 10.3. The number of hydrogen-bond donors (Lipinski definition) is 3. The molecule has 5 heteroatoms. The van der Waals surface area contributed by atoms with Gasteiger partial charge in [0.15, 0.2) is 0 Å². The molecule has 0 spiro atoms. The normalized spacial score (nSPS) is 44.6. The van der Waals surface area contributed by atoms with Gasteiger partial charge in [0.05, 0.1) is 11.3 Å². The molecule has 6 atom stereocenters. The minimum atomic E-state index is -1.06. The second-order valence-electron chi connectivity index (χ2n) is 7.20. The van der Waals surface area contributed by atoms with Crippen molar-refractivity contribution >= 4 is 11.9 Å². The van der Waals surface area contributed by atoms with E-state index in [4.69, 9.17) is 0 Å². The molecule has 0 amide bonds. The Balaban J connectivity index is 2.05. The molecule has 22 heavy (non-hydrogen) atoms. The first-order valence-electron chi connectivity index (χ1n) is 7.66. The molecule has 5 nitrogen and oxygen atoms in total. The zero-order chi connectivity index (χ0) is 15.9. The van der Waals surface area contributed by atoms with Gasteiger partial charge in [-0.25, -0.2) is 0 Å². The van der Waals surface area contributed by atoms with Gasteiger partial charge in [-0.05, 0) is 31.4 Å². The maximum absolute atomic E-state index is 12.3. The molecule has 2 aliphatic carbocycles. The van der Waals surface area contributed by atoms with Crippen LogP contribution in [0.15, 0.2) is 24.3 Å². The molecule has 3 N–H and O–H groups in total. The second-order valence-corrected chi connectivity index (χ2v) is 7.20. The van der Waals surface area contributed by atoms with Gasteiger partial charge in [0.25, 0.3) is 0 Å². The van der Waals surface area contributed by atoms with E-state index in [2.05, 4.69) is 5.32 Å². The van der Waals surface area contributed by atoms with E-state index in [1.807, 2.05) is 38.1 Å². The Morgan fingerprint density at radius 1 is 1.23 bits per heavy atom. The molecule has 4 aliphatic rings. The Morgan fingerprint density at radius 2 is 1.86 bits per heavy atom. The maximum Gasteiger partial charge on any atom is 0.312 e. The highest BCUT2D eigenvalue weighted by Gasteiger charge is 2.74. The molecule has 1 aromatic carbocycles. The van der Waals surface area contributed by atoms with Crippen molar-refractivity contribution in [3.8, 4) is 0 Å². The van der Waals surface area contributed by atoms with Crippen molar-refractivity contribution in [3.63, 3.8) is 0 Å². The third-order valence-electron chi connectivity index (χ3n) is 6.34. The van der Waals surface area contributed by atoms with Gasteiger partial charge in [0.1, 0.15) is 0 Å². The van der Waals surface area contributed by atoms with Crippen molar-refractivity contribution in [1.29, 1.82) is 0 Å². The third-order valence-corrected chi connectivity index (χ3v) is 6.34. The van der Waals surface area contributed by atoms with Crippen LogP contribution < -0.4 is 5.32 Å². The number of hydrogen-bond acceptors (Lipinski definition) is 3. The van der Waals surface area contributed by atoms with Gasteiger partial charge in [-0.2, -0.15) is 0 Å². The molecular weight excluding hydrogens is 282 g/mol. The van der Waals surface area contributed by atoms with Gasteiger partial charge in [-0.1, -0.05) is 24.3 Å². The highest BCUT2D eigenvalue weighted by Crippen LogP contribution is 2.70. The highest BCUT2D eigenvalue weighted by atomic mass is 16.4. The van der Waals surface area contributed by atoms with Crippen LogP contribution in [0.2, 0.25) is 0 Å². The van der Waals surface area contributed by atoms with Crippen molar-refractivity contribution in [1.82, 2.24) is 5.32 Å². The first kappa shape index (κ1) is 13.8. The molecule has 116 valence electrons. The summed E-state index contributed by atoms with van der Waals surface area (Å²) in [5, 5.41) is 23.2. The fourth-order valence-electron chi connectivity index (χ4n) is 5.71. The van der Waals surface area contributed by atoms with Crippen LogP contribution in [0.25, 0.3) is 0 Å². The lowest BCUT2D eigenvalue weighted by atomic mass is 9.48. The van der Waals surface area contributed by atoms with E-state index in [0.717, 1.165) is 11.1 Å².